The Morgan fingerprint density at radius 2 is 1.68 bits per heavy atom. The summed E-state index contributed by atoms with van der Waals surface area (Å²) in [6.45, 7) is 1.83. The van der Waals surface area contributed by atoms with E-state index in [1.165, 1.54) is 0 Å². The largest absolute Gasteiger partial charge is 0.495 e. The number of nitrogens with zero attached hydrogens (tertiary/aromatic N) is 2. The molecule has 4 rings (SSSR count). The van der Waals surface area contributed by atoms with E-state index >= 15 is 0 Å². The van der Waals surface area contributed by atoms with Gasteiger partial charge in [0.1, 0.15) is 11.5 Å². The van der Waals surface area contributed by atoms with Crippen LogP contribution in [0.2, 0.25) is 0 Å². The van der Waals surface area contributed by atoms with Crippen molar-refractivity contribution in [1.82, 2.24) is 10.1 Å². The highest BCUT2D eigenvalue weighted by atomic mass is 16.5. The number of benzene rings is 3. The minimum atomic E-state index is -0.312. The predicted octanol–water partition coefficient (Wildman–Crippen LogP) is 4.74. The SMILES string of the molecule is COc1ccccc1NC(=O)COc1ccccc1-c1noc(-c2ccc(C)cc2)n1. The number of aryl methyl sites for hydroxylation is 1. The predicted molar refractivity (Wildman–Crippen MR) is 117 cm³/mol. The second-order valence-electron chi connectivity index (χ2n) is 6.82. The Morgan fingerprint density at radius 1 is 0.968 bits per heavy atom. The zero-order valence-electron chi connectivity index (χ0n) is 17.2. The summed E-state index contributed by atoms with van der Waals surface area (Å²) < 4.78 is 16.4. The molecule has 3 aromatic carbocycles. The molecule has 0 aliphatic carbocycles. The van der Waals surface area contributed by atoms with E-state index in [1.54, 1.807) is 25.3 Å². The van der Waals surface area contributed by atoms with E-state index < -0.39 is 0 Å². The average Bonchev–Trinajstić information content (AvgIpc) is 3.29. The Labute approximate surface area is 179 Å². The summed E-state index contributed by atoms with van der Waals surface area (Å²) >= 11 is 0. The lowest BCUT2D eigenvalue weighted by Crippen LogP contribution is -2.20. The van der Waals surface area contributed by atoms with Crippen LogP contribution in [-0.2, 0) is 4.79 Å². The topological polar surface area (TPSA) is 86.5 Å². The first-order valence-electron chi connectivity index (χ1n) is 9.70. The van der Waals surface area contributed by atoms with E-state index in [-0.39, 0.29) is 12.5 Å². The van der Waals surface area contributed by atoms with Crippen LogP contribution in [0.15, 0.2) is 77.3 Å². The van der Waals surface area contributed by atoms with Crippen LogP contribution < -0.4 is 14.8 Å². The zero-order valence-corrected chi connectivity index (χ0v) is 17.2. The summed E-state index contributed by atoms with van der Waals surface area (Å²) in [6, 6.07) is 22.2. The van der Waals surface area contributed by atoms with Crippen molar-refractivity contribution in [3.63, 3.8) is 0 Å². The van der Waals surface area contributed by atoms with Gasteiger partial charge in [0.25, 0.3) is 11.8 Å². The zero-order chi connectivity index (χ0) is 21.6. The summed E-state index contributed by atoms with van der Waals surface area (Å²) in [5.41, 5.74) is 3.19. The molecular formula is C24H21N3O4. The molecular weight excluding hydrogens is 394 g/mol. The molecule has 0 spiro atoms. The summed E-state index contributed by atoms with van der Waals surface area (Å²) in [5, 5.41) is 6.86. The van der Waals surface area contributed by atoms with Crippen molar-refractivity contribution in [3.05, 3.63) is 78.4 Å². The molecule has 0 atom stereocenters. The van der Waals surface area contributed by atoms with E-state index in [0.29, 0.717) is 34.5 Å². The first-order valence-corrected chi connectivity index (χ1v) is 9.70. The van der Waals surface area contributed by atoms with E-state index in [4.69, 9.17) is 14.0 Å². The van der Waals surface area contributed by atoms with Crippen molar-refractivity contribution >= 4 is 11.6 Å². The molecule has 1 heterocycles. The highest BCUT2D eigenvalue weighted by Crippen LogP contribution is 2.30. The van der Waals surface area contributed by atoms with Gasteiger partial charge in [0.2, 0.25) is 5.82 Å². The van der Waals surface area contributed by atoms with Gasteiger partial charge in [-0.1, -0.05) is 47.1 Å². The Kier molecular flexibility index (Phi) is 5.93. The standard InChI is InChI=1S/C24H21N3O4/c1-16-11-13-17(14-12-16)24-26-23(27-31-24)18-7-3-5-9-20(18)30-15-22(28)25-19-8-4-6-10-21(19)29-2/h3-14H,15H2,1-2H3,(H,25,28). The lowest BCUT2D eigenvalue weighted by molar-refractivity contribution is -0.118. The highest BCUT2D eigenvalue weighted by Gasteiger charge is 2.16. The minimum absolute atomic E-state index is 0.183. The molecule has 7 nitrogen and oxygen atoms in total. The van der Waals surface area contributed by atoms with Crippen molar-refractivity contribution in [2.75, 3.05) is 19.0 Å². The number of nitrogens with one attached hydrogen (secondary N) is 1. The van der Waals surface area contributed by atoms with Crippen molar-refractivity contribution < 1.29 is 18.8 Å². The van der Waals surface area contributed by atoms with Gasteiger partial charge in [-0.05, 0) is 43.3 Å². The van der Waals surface area contributed by atoms with Gasteiger partial charge in [-0.3, -0.25) is 4.79 Å². The summed E-state index contributed by atoms with van der Waals surface area (Å²) in [6.07, 6.45) is 0. The lowest BCUT2D eigenvalue weighted by atomic mass is 10.1. The maximum absolute atomic E-state index is 12.4. The van der Waals surface area contributed by atoms with Crippen LogP contribution in [0.25, 0.3) is 22.8 Å². The summed E-state index contributed by atoms with van der Waals surface area (Å²) in [5.74, 6) is 1.54. The maximum Gasteiger partial charge on any atom is 0.262 e. The number of anilines is 1. The average molecular weight is 415 g/mol. The Bertz CT molecular complexity index is 1190. The summed E-state index contributed by atoms with van der Waals surface area (Å²) in [4.78, 5) is 16.9. The van der Waals surface area contributed by atoms with Gasteiger partial charge in [0, 0.05) is 5.56 Å². The molecule has 0 saturated heterocycles. The van der Waals surface area contributed by atoms with Crippen LogP contribution in [0.3, 0.4) is 0 Å². The van der Waals surface area contributed by atoms with Crippen molar-refractivity contribution in [1.29, 1.82) is 0 Å². The van der Waals surface area contributed by atoms with Gasteiger partial charge in [0.05, 0.1) is 18.4 Å². The third kappa shape index (κ3) is 4.72. The normalized spacial score (nSPS) is 10.5. The number of hydrogen-bond donors (Lipinski definition) is 1. The molecule has 1 amide bonds. The number of para-hydroxylation sites is 3. The van der Waals surface area contributed by atoms with Gasteiger partial charge >= 0.3 is 0 Å². The number of hydrogen-bond acceptors (Lipinski definition) is 6. The third-order valence-electron chi connectivity index (χ3n) is 4.59. The number of methoxy groups -OCH3 is 1. The molecule has 0 bridgehead atoms. The number of ether oxygens (including phenoxy) is 2. The Balaban J connectivity index is 1.48. The molecule has 0 saturated carbocycles. The van der Waals surface area contributed by atoms with E-state index in [1.807, 2.05) is 61.5 Å². The molecule has 1 N–H and O–H groups in total. The second-order valence-corrected chi connectivity index (χ2v) is 6.82. The molecule has 0 aliphatic heterocycles. The molecule has 0 unspecified atom stereocenters. The van der Waals surface area contributed by atoms with Gasteiger partial charge in [0.15, 0.2) is 6.61 Å². The Morgan fingerprint density at radius 3 is 2.45 bits per heavy atom. The fourth-order valence-electron chi connectivity index (χ4n) is 3.00. The van der Waals surface area contributed by atoms with Crippen LogP contribution in [-0.4, -0.2) is 29.8 Å². The van der Waals surface area contributed by atoms with E-state index in [0.717, 1.165) is 11.1 Å². The first-order chi connectivity index (χ1) is 15.1. The van der Waals surface area contributed by atoms with E-state index in [2.05, 4.69) is 15.5 Å². The number of amides is 1. The van der Waals surface area contributed by atoms with Gasteiger partial charge in [-0.25, -0.2) is 0 Å². The number of carbonyl (C=O) groups excluding carboxylic acids is 1. The molecule has 31 heavy (non-hydrogen) atoms. The summed E-state index contributed by atoms with van der Waals surface area (Å²) in [7, 11) is 1.55. The van der Waals surface area contributed by atoms with Crippen LogP contribution in [0, 0.1) is 6.92 Å². The van der Waals surface area contributed by atoms with Gasteiger partial charge < -0.3 is 19.3 Å². The molecule has 4 aromatic rings. The maximum atomic E-state index is 12.4. The molecule has 0 aliphatic rings. The third-order valence-corrected chi connectivity index (χ3v) is 4.59. The van der Waals surface area contributed by atoms with Crippen LogP contribution in [0.1, 0.15) is 5.56 Å². The highest BCUT2D eigenvalue weighted by molar-refractivity contribution is 5.93. The van der Waals surface area contributed by atoms with Crippen molar-refractivity contribution in [2.45, 2.75) is 6.92 Å². The molecule has 0 radical (unpaired) electrons. The molecule has 7 heteroatoms. The van der Waals surface area contributed by atoms with Gasteiger partial charge in [-0.2, -0.15) is 4.98 Å². The number of aromatic nitrogens is 2. The lowest BCUT2D eigenvalue weighted by Gasteiger charge is -2.11. The monoisotopic (exact) mass is 415 g/mol. The fourth-order valence-corrected chi connectivity index (χ4v) is 3.00. The van der Waals surface area contributed by atoms with Gasteiger partial charge in [-0.15, -0.1) is 0 Å². The van der Waals surface area contributed by atoms with Crippen LogP contribution >= 0.6 is 0 Å². The minimum Gasteiger partial charge on any atom is -0.495 e. The smallest absolute Gasteiger partial charge is 0.262 e. The van der Waals surface area contributed by atoms with Crippen LogP contribution in [0.4, 0.5) is 5.69 Å². The quantitative estimate of drug-likeness (QED) is 0.469. The van der Waals surface area contributed by atoms with Crippen LogP contribution in [0.5, 0.6) is 11.5 Å². The van der Waals surface area contributed by atoms with Crippen molar-refractivity contribution in [3.8, 4) is 34.3 Å². The fraction of sp³-hybridized carbons (Fsp3) is 0.125. The number of carbonyl (C=O) groups is 1. The molecule has 0 fully saturated rings. The molecule has 1 aromatic heterocycles. The number of rotatable bonds is 7. The second kappa shape index (κ2) is 9.13. The first kappa shape index (κ1) is 20.2. The Hall–Kier alpha value is -4.13. The van der Waals surface area contributed by atoms with Crippen molar-refractivity contribution in [2.24, 2.45) is 0 Å². The van der Waals surface area contributed by atoms with E-state index in [9.17, 15) is 4.79 Å². The molecule has 156 valence electrons.